The van der Waals surface area contributed by atoms with Gasteiger partial charge in [-0.2, -0.15) is 0 Å². The van der Waals surface area contributed by atoms with Gasteiger partial charge in [0.1, 0.15) is 0 Å². The highest BCUT2D eigenvalue weighted by atomic mass is 79.9. The van der Waals surface area contributed by atoms with E-state index in [9.17, 15) is 0 Å². The predicted octanol–water partition coefficient (Wildman–Crippen LogP) is 2.95. The molecule has 2 heteroatoms. The summed E-state index contributed by atoms with van der Waals surface area (Å²) in [6.45, 7) is 2.89. The van der Waals surface area contributed by atoms with Gasteiger partial charge < -0.3 is 4.74 Å². The number of methoxy groups -OCH3 is 1. The van der Waals surface area contributed by atoms with Crippen LogP contribution >= 0.6 is 15.9 Å². The maximum absolute atomic E-state index is 5.00. The van der Waals surface area contributed by atoms with E-state index < -0.39 is 0 Å². The first-order valence-electron chi connectivity index (χ1n) is 3.98. The normalized spacial score (nSPS) is 10.2. The van der Waals surface area contributed by atoms with Crippen LogP contribution in [0.5, 0.6) is 0 Å². The van der Waals surface area contributed by atoms with Crippen LogP contribution in [0.1, 0.15) is 11.1 Å². The Morgan fingerprint density at radius 3 is 2.75 bits per heavy atom. The molecule has 0 unspecified atom stereocenters. The molecule has 0 radical (unpaired) electrons. The molecule has 0 aliphatic rings. The fourth-order valence-electron chi connectivity index (χ4n) is 1.08. The summed E-state index contributed by atoms with van der Waals surface area (Å²) in [5.41, 5.74) is 2.61. The van der Waals surface area contributed by atoms with Crippen LogP contribution in [0.2, 0.25) is 0 Å². The van der Waals surface area contributed by atoms with E-state index in [1.165, 1.54) is 15.6 Å². The van der Waals surface area contributed by atoms with E-state index >= 15 is 0 Å². The monoisotopic (exact) mass is 228 g/mol. The third-order valence-corrected chi connectivity index (χ3v) is 2.71. The number of hydrogen-bond acceptors (Lipinski definition) is 1. The molecule has 0 atom stereocenters. The Hall–Kier alpha value is -0.340. The Labute approximate surface area is 81.9 Å². The molecule has 0 heterocycles. The number of halogens is 1. The summed E-state index contributed by atoms with van der Waals surface area (Å²) in [6, 6.07) is 6.39. The first-order valence-corrected chi connectivity index (χ1v) is 4.77. The van der Waals surface area contributed by atoms with Crippen molar-refractivity contribution in [3.05, 3.63) is 33.8 Å². The van der Waals surface area contributed by atoms with E-state index in [0.717, 1.165) is 13.0 Å². The minimum Gasteiger partial charge on any atom is -0.384 e. The molecule has 0 fully saturated rings. The molecule has 66 valence electrons. The molecule has 1 aromatic carbocycles. The van der Waals surface area contributed by atoms with E-state index in [2.05, 4.69) is 41.1 Å². The minimum atomic E-state index is 0.793. The van der Waals surface area contributed by atoms with Crippen LogP contribution in [0.25, 0.3) is 0 Å². The zero-order chi connectivity index (χ0) is 8.97. The molecular formula is C10H13BrO. The van der Waals surface area contributed by atoms with Crippen LogP contribution < -0.4 is 0 Å². The fourth-order valence-corrected chi connectivity index (χ4v) is 1.33. The highest BCUT2D eigenvalue weighted by Crippen LogP contribution is 2.17. The zero-order valence-electron chi connectivity index (χ0n) is 7.43. The number of ether oxygens (including phenoxy) is 1. The Kier molecular flexibility index (Phi) is 3.76. The second-order valence-corrected chi connectivity index (χ2v) is 3.68. The van der Waals surface area contributed by atoms with Gasteiger partial charge in [-0.3, -0.25) is 0 Å². The lowest BCUT2D eigenvalue weighted by Crippen LogP contribution is -1.94. The van der Waals surface area contributed by atoms with E-state index in [1.54, 1.807) is 7.11 Å². The van der Waals surface area contributed by atoms with E-state index in [-0.39, 0.29) is 0 Å². The van der Waals surface area contributed by atoms with Gasteiger partial charge in [-0.15, -0.1) is 0 Å². The van der Waals surface area contributed by atoms with E-state index in [0.29, 0.717) is 0 Å². The lowest BCUT2D eigenvalue weighted by Gasteiger charge is -2.03. The average molecular weight is 229 g/mol. The smallest absolute Gasteiger partial charge is 0.0502 e. The van der Waals surface area contributed by atoms with Crippen LogP contribution in [0.3, 0.4) is 0 Å². The third-order valence-electron chi connectivity index (χ3n) is 1.82. The van der Waals surface area contributed by atoms with E-state index in [4.69, 9.17) is 4.74 Å². The van der Waals surface area contributed by atoms with Gasteiger partial charge in [0, 0.05) is 11.6 Å². The summed E-state index contributed by atoms with van der Waals surface area (Å²) in [4.78, 5) is 0. The minimum absolute atomic E-state index is 0.793. The molecule has 0 aliphatic heterocycles. The number of rotatable bonds is 3. The Balaban J connectivity index is 2.69. The van der Waals surface area contributed by atoms with Gasteiger partial charge in [0.05, 0.1) is 6.61 Å². The summed E-state index contributed by atoms with van der Waals surface area (Å²) in [5, 5.41) is 0. The maximum atomic E-state index is 5.00. The molecule has 0 N–H and O–H groups in total. The Morgan fingerprint density at radius 1 is 1.42 bits per heavy atom. The SMILES string of the molecule is COCCc1ccc(Br)c(C)c1. The first kappa shape index (κ1) is 9.75. The molecule has 0 saturated heterocycles. The highest BCUT2D eigenvalue weighted by molar-refractivity contribution is 9.10. The number of hydrogen-bond donors (Lipinski definition) is 0. The van der Waals surface area contributed by atoms with Gasteiger partial charge >= 0.3 is 0 Å². The first-order chi connectivity index (χ1) is 5.74. The average Bonchev–Trinajstić information content (AvgIpc) is 2.07. The van der Waals surface area contributed by atoms with Gasteiger partial charge in [0.15, 0.2) is 0 Å². The predicted molar refractivity (Wildman–Crippen MR) is 54.5 cm³/mol. The molecule has 12 heavy (non-hydrogen) atoms. The van der Waals surface area contributed by atoms with Gasteiger partial charge in [0.25, 0.3) is 0 Å². The summed E-state index contributed by atoms with van der Waals surface area (Å²) in [7, 11) is 1.73. The molecule has 0 amide bonds. The van der Waals surface area contributed by atoms with Crippen molar-refractivity contribution in [1.82, 2.24) is 0 Å². The lowest BCUT2D eigenvalue weighted by atomic mass is 10.1. The van der Waals surface area contributed by atoms with Crippen LogP contribution in [-0.4, -0.2) is 13.7 Å². The molecule has 0 aromatic heterocycles. The van der Waals surface area contributed by atoms with Gasteiger partial charge in [0.2, 0.25) is 0 Å². The van der Waals surface area contributed by atoms with Crippen molar-refractivity contribution < 1.29 is 4.74 Å². The van der Waals surface area contributed by atoms with Crippen molar-refractivity contribution in [2.45, 2.75) is 13.3 Å². The third kappa shape index (κ3) is 2.61. The second kappa shape index (κ2) is 4.63. The molecule has 1 rings (SSSR count). The summed E-state index contributed by atoms with van der Waals surface area (Å²) >= 11 is 3.47. The van der Waals surface area contributed by atoms with Crippen molar-refractivity contribution in [2.75, 3.05) is 13.7 Å². The van der Waals surface area contributed by atoms with Crippen LogP contribution in [0, 0.1) is 6.92 Å². The van der Waals surface area contributed by atoms with Crippen molar-refractivity contribution in [3.63, 3.8) is 0 Å². The quantitative estimate of drug-likeness (QED) is 0.774. The second-order valence-electron chi connectivity index (χ2n) is 2.83. The van der Waals surface area contributed by atoms with Gasteiger partial charge in [-0.05, 0) is 30.5 Å². The largest absolute Gasteiger partial charge is 0.384 e. The number of aryl methyl sites for hydroxylation is 1. The Morgan fingerprint density at radius 2 is 2.17 bits per heavy atom. The molecule has 0 aliphatic carbocycles. The van der Waals surface area contributed by atoms with E-state index in [1.807, 2.05) is 0 Å². The molecular weight excluding hydrogens is 216 g/mol. The van der Waals surface area contributed by atoms with Crippen molar-refractivity contribution >= 4 is 15.9 Å². The summed E-state index contributed by atoms with van der Waals surface area (Å²) < 4.78 is 6.17. The fraction of sp³-hybridized carbons (Fsp3) is 0.400. The highest BCUT2D eigenvalue weighted by Gasteiger charge is 1.96. The van der Waals surface area contributed by atoms with Crippen LogP contribution in [0.4, 0.5) is 0 Å². The molecule has 0 bridgehead atoms. The summed E-state index contributed by atoms with van der Waals surface area (Å²) in [6.07, 6.45) is 0.991. The zero-order valence-corrected chi connectivity index (χ0v) is 9.02. The number of benzene rings is 1. The molecule has 0 spiro atoms. The molecule has 1 nitrogen and oxygen atoms in total. The maximum Gasteiger partial charge on any atom is 0.0502 e. The van der Waals surface area contributed by atoms with Crippen molar-refractivity contribution in [2.24, 2.45) is 0 Å². The van der Waals surface area contributed by atoms with Gasteiger partial charge in [-0.25, -0.2) is 0 Å². The Bertz CT molecular complexity index is 258. The lowest BCUT2D eigenvalue weighted by molar-refractivity contribution is 0.202. The molecule has 0 saturated carbocycles. The van der Waals surface area contributed by atoms with Crippen molar-refractivity contribution in [3.8, 4) is 0 Å². The topological polar surface area (TPSA) is 9.23 Å². The van der Waals surface area contributed by atoms with Crippen LogP contribution in [0.15, 0.2) is 22.7 Å². The molecule has 1 aromatic rings. The summed E-state index contributed by atoms with van der Waals surface area (Å²) in [5.74, 6) is 0. The standard InChI is InChI=1S/C10H13BrO/c1-8-7-9(5-6-12-2)3-4-10(8)11/h3-4,7H,5-6H2,1-2H3. The van der Waals surface area contributed by atoms with Gasteiger partial charge in [-0.1, -0.05) is 28.1 Å². The van der Waals surface area contributed by atoms with Crippen LogP contribution in [-0.2, 0) is 11.2 Å². The van der Waals surface area contributed by atoms with Crippen molar-refractivity contribution in [1.29, 1.82) is 0 Å².